The van der Waals surface area contributed by atoms with Crippen LogP contribution >= 0.6 is 11.6 Å². The van der Waals surface area contributed by atoms with Crippen molar-refractivity contribution in [3.8, 4) is 0 Å². The normalized spacial score (nSPS) is 24.0. The molecule has 0 spiro atoms. The van der Waals surface area contributed by atoms with E-state index in [-0.39, 0.29) is 18.0 Å². The van der Waals surface area contributed by atoms with Crippen LogP contribution in [0.25, 0.3) is 10.9 Å². The van der Waals surface area contributed by atoms with Gasteiger partial charge >= 0.3 is 6.09 Å². The van der Waals surface area contributed by atoms with Gasteiger partial charge in [-0.15, -0.1) is 0 Å². The van der Waals surface area contributed by atoms with E-state index >= 15 is 0 Å². The summed E-state index contributed by atoms with van der Waals surface area (Å²) in [5.74, 6) is 0.975. The quantitative estimate of drug-likeness (QED) is 0.708. The highest BCUT2D eigenvalue weighted by atomic mass is 35.5. The molecule has 1 aromatic heterocycles. The van der Waals surface area contributed by atoms with Crippen molar-refractivity contribution in [2.75, 3.05) is 13.1 Å². The summed E-state index contributed by atoms with van der Waals surface area (Å²) in [5, 5.41) is 4.89. The second-order valence-electron chi connectivity index (χ2n) is 10.0. The molecule has 2 fully saturated rings. The number of hydrogen-bond donors (Lipinski definition) is 1. The van der Waals surface area contributed by atoms with Crippen LogP contribution in [0.1, 0.15) is 56.9 Å². The van der Waals surface area contributed by atoms with Crippen LogP contribution in [0, 0.1) is 11.8 Å². The molecule has 1 saturated carbocycles. The van der Waals surface area contributed by atoms with E-state index in [1.165, 1.54) is 0 Å². The van der Waals surface area contributed by atoms with Crippen molar-refractivity contribution >= 4 is 34.5 Å². The van der Waals surface area contributed by atoms with Crippen LogP contribution in [0.15, 0.2) is 24.3 Å². The molecule has 3 atom stereocenters. The molecule has 2 aliphatic rings. The Balaban J connectivity index is 1.36. The number of benzene rings is 1. The number of likely N-dealkylation sites (tertiary alicyclic amines) is 1. The number of carbonyl (C=O) groups is 2. The van der Waals surface area contributed by atoms with E-state index in [4.69, 9.17) is 16.3 Å². The maximum atomic E-state index is 13.0. The first-order valence-electron chi connectivity index (χ1n) is 11.1. The Morgan fingerprint density at radius 3 is 2.65 bits per heavy atom. The highest BCUT2D eigenvalue weighted by Crippen LogP contribution is 2.37. The number of ether oxygens (including phenoxy) is 1. The fourth-order valence-electron chi connectivity index (χ4n) is 5.04. The third-order valence-electron chi connectivity index (χ3n) is 6.59. The number of halogens is 1. The zero-order valence-corrected chi connectivity index (χ0v) is 19.5. The van der Waals surface area contributed by atoms with Crippen LogP contribution in [0.2, 0.25) is 5.02 Å². The molecule has 6 nitrogen and oxygen atoms in total. The van der Waals surface area contributed by atoms with Crippen molar-refractivity contribution in [3.05, 3.63) is 35.0 Å². The van der Waals surface area contributed by atoms with Gasteiger partial charge < -0.3 is 19.5 Å². The number of aryl methyl sites for hydroxylation is 1. The van der Waals surface area contributed by atoms with E-state index in [1.807, 2.05) is 61.6 Å². The van der Waals surface area contributed by atoms with Gasteiger partial charge in [-0.25, -0.2) is 4.79 Å². The van der Waals surface area contributed by atoms with Crippen LogP contribution in [-0.4, -0.2) is 46.2 Å². The van der Waals surface area contributed by atoms with E-state index in [1.54, 1.807) is 0 Å². The summed E-state index contributed by atoms with van der Waals surface area (Å²) in [6.45, 7) is 7.17. The molecule has 4 rings (SSSR count). The summed E-state index contributed by atoms with van der Waals surface area (Å²) in [6, 6.07) is 7.75. The second kappa shape index (κ2) is 8.38. The van der Waals surface area contributed by atoms with E-state index in [9.17, 15) is 9.59 Å². The molecule has 31 heavy (non-hydrogen) atoms. The molecule has 2 heterocycles. The van der Waals surface area contributed by atoms with E-state index < -0.39 is 5.60 Å². The van der Waals surface area contributed by atoms with Crippen LogP contribution in [-0.2, 0) is 11.8 Å². The minimum Gasteiger partial charge on any atom is -0.444 e. The van der Waals surface area contributed by atoms with Crippen molar-refractivity contribution < 1.29 is 14.3 Å². The molecule has 1 aliphatic heterocycles. The Morgan fingerprint density at radius 2 is 1.90 bits per heavy atom. The summed E-state index contributed by atoms with van der Waals surface area (Å²) in [5.41, 5.74) is 1.18. The largest absolute Gasteiger partial charge is 0.444 e. The highest BCUT2D eigenvalue weighted by molar-refractivity contribution is 6.31. The van der Waals surface area contributed by atoms with Gasteiger partial charge in [0, 0.05) is 42.1 Å². The van der Waals surface area contributed by atoms with Gasteiger partial charge in [0.25, 0.3) is 5.91 Å². The first-order valence-corrected chi connectivity index (χ1v) is 11.5. The van der Waals surface area contributed by atoms with Gasteiger partial charge in [0.1, 0.15) is 11.3 Å². The van der Waals surface area contributed by atoms with Crippen LogP contribution < -0.4 is 5.32 Å². The monoisotopic (exact) mass is 445 g/mol. The standard InChI is InChI=1S/C24H32ClN3O3/c1-24(2,3)31-23(30)28-10-9-15-12-19(7-5-16(15)14-28)26-22(29)21-13-17-11-18(25)6-8-20(17)27(21)4/h6,8,11,13,15-16,19H,5,7,9-10,12,14H2,1-4H3,(H,26,29)/t15-,16?,19+/m0/s1. The maximum Gasteiger partial charge on any atom is 0.410 e. The van der Waals surface area contributed by atoms with Crippen molar-refractivity contribution in [3.63, 3.8) is 0 Å². The van der Waals surface area contributed by atoms with Crippen molar-refractivity contribution in [2.45, 2.75) is 58.1 Å². The van der Waals surface area contributed by atoms with E-state index in [0.29, 0.717) is 22.6 Å². The Kier molecular flexibility index (Phi) is 5.95. The molecule has 1 aromatic carbocycles. The summed E-state index contributed by atoms with van der Waals surface area (Å²) in [4.78, 5) is 27.3. The predicted molar refractivity (Wildman–Crippen MR) is 122 cm³/mol. The lowest BCUT2D eigenvalue weighted by atomic mass is 9.73. The van der Waals surface area contributed by atoms with Crippen LogP contribution in [0.3, 0.4) is 0 Å². The molecule has 0 bridgehead atoms. The molecule has 1 saturated heterocycles. The molecule has 1 N–H and O–H groups in total. The van der Waals surface area contributed by atoms with Gasteiger partial charge in [0.15, 0.2) is 0 Å². The zero-order valence-electron chi connectivity index (χ0n) is 18.8. The number of carbonyl (C=O) groups excluding carboxylic acids is 2. The second-order valence-corrected chi connectivity index (χ2v) is 10.4. The number of hydrogen-bond acceptors (Lipinski definition) is 3. The lowest BCUT2D eigenvalue weighted by Crippen LogP contribution is -2.50. The summed E-state index contributed by atoms with van der Waals surface area (Å²) < 4.78 is 7.47. The minimum atomic E-state index is -0.469. The SMILES string of the molecule is Cn1c(C(=O)N[C@@H]2CCC3CN(C(=O)OC(C)(C)C)CC[C@H]3C2)cc2cc(Cl)ccc21. The highest BCUT2D eigenvalue weighted by Gasteiger charge is 2.38. The molecule has 0 radical (unpaired) electrons. The maximum absolute atomic E-state index is 13.0. The number of nitrogens with one attached hydrogen (secondary N) is 1. The predicted octanol–water partition coefficient (Wildman–Crippen LogP) is 4.99. The number of amides is 2. The average Bonchev–Trinajstić information content (AvgIpc) is 3.02. The van der Waals surface area contributed by atoms with Crippen molar-refractivity contribution in [1.29, 1.82) is 0 Å². The molecule has 2 amide bonds. The molecule has 168 valence electrons. The fraction of sp³-hybridized carbons (Fsp3) is 0.583. The van der Waals surface area contributed by atoms with Gasteiger partial charge in [-0.05, 0) is 82.6 Å². The zero-order chi connectivity index (χ0) is 22.3. The van der Waals surface area contributed by atoms with E-state index in [0.717, 1.165) is 49.7 Å². The minimum absolute atomic E-state index is 0.0375. The lowest BCUT2D eigenvalue weighted by Gasteiger charge is -2.43. The number of nitrogens with zero attached hydrogens (tertiary/aromatic N) is 2. The lowest BCUT2D eigenvalue weighted by molar-refractivity contribution is 0.00388. The van der Waals surface area contributed by atoms with Crippen LogP contribution in [0.4, 0.5) is 4.79 Å². The van der Waals surface area contributed by atoms with Crippen LogP contribution in [0.5, 0.6) is 0 Å². The number of fused-ring (bicyclic) bond motifs is 2. The van der Waals surface area contributed by atoms with Gasteiger partial charge in [-0.2, -0.15) is 0 Å². The fourth-order valence-corrected chi connectivity index (χ4v) is 5.22. The Hall–Kier alpha value is -2.21. The first-order chi connectivity index (χ1) is 14.6. The molecule has 1 aliphatic carbocycles. The average molecular weight is 446 g/mol. The first kappa shape index (κ1) is 22.0. The molecule has 1 unspecified atom stereocenters. The summed E-state index contributed by atoms with van der Waals surface area (Å²) in [6.07, 6.45) is 3.67. The Morgan fingerprint density at radius 1 is 1.13 bits per heavy atom. The molecular weight excluding hydrogens is 414 g/mol. The number of aromatic nitrogens is 1. The van der Waals surface area contributed by atoms with Crippen molar-refractivity contribution in [1.82, 2.24) is 14.8 Å². The van der Waals surface area contributed by atoms with Gasteiger partial charge in [-0.3, -0.25) is 4.79 Å². The smallest absolute Gasteiger partial charge is 0.410 e. The topological polar surface area (TPSA) is 63.6 Å². The molecular formula is C24H32ClN3O3. The van der Waals surface area contributed by atoms with Gasteiger partial charge in [0.05, 0.1) is 0 Å². The Labute approximate surface area is 188 Å². The number of piperidine rings is 1. The van der Waals surface area contributed by atoms with Gasteiger partial charge in [0.2, 0.25) is 0 Å². The summed E-state index contributed by atoms with van der Waals surface area (Å²) in [7, 11) is 1.91. The third kappa shape index (κ3) is 4.84. The van der Waals surface area contributed by atoms with Crippen molar-refractivity contribution in [2.24, 2.45) is 18.9 Å². The number of rotatable bonds is 2. The molecule has 7 heteroatoms. The molecule has 2 aromatic rings. The summed E-state index contributed by atoms with van der Waals surface area (Å²) >= 11 is 6.10. The van der Waals surface area contributed by atoms with Gasteiger partial charge in [-0.1, -0.05) is 11.6 Å². The Bertz CT molecular complexity index is 994. The van der Waals surface area contributed by atoms with E-state index in [2.05, 4.69) is 5.32 Å². The third-order valence-corrected chi connectivity index (χ3v) is 6.82.